The number of hydrogen-bond donors (Lipinski definition) is 2. The second kappa shape index (κ2) is 5.94. The molecule has 0 spiro atoms. The van der Waals surface area contributed by atoms with E-state index in [0.29, 0.717) is 17.6 Å². The van der Waals surface area contributed by atoms with Crippen molar-refractivity contribution < 1.29 is 4.92 Å². The molecular formula is C14H17N5O4. The molecule has 1 saturated heterocycles. The number of aromatic amines is 2. The number of likely N-dealkylation sites (N-methyl/N-ethyl adjacent to an activating group) is 1. The number of fused-ring (bicyclic) bond motifs is 1. The quantitative estimate of drug-likeness (QED) is 0.463. The normalized spacial score (nSPS) is 16.7. The Balaban J connectivity index is 2.06. The summed E-state index contributed by atoms with van der Waals surface area (Å²) in [7, 11) is 2.04. The Morgan fingerprint density at radius 2 is 1.78 bits per heavy atom. The van der Waals surface area contributed by atoms with Crippen LogP contribution >= 0.6 is 0 Å². The van der Waals surface area contributed by atoms with E-state index < -0.39 is 16.0 Å². The van der Waals surface area contributed by atoms with E-state index in [4.69, 9.17) is 0 Å². The first-order valence-corrected chi connectivity index (χ1v) is 7.28. The van der Waals surface area contributed by atoms with E-state index in [0.717, 1.165) is 26.2 Å². The molecule has 0 atom stereocenters. The van der Waals surface area contributed by atoms with Crippen LogP contribution in [0.4, 0.5) is 5.69 Å². The van der Waals surface area contributed by atoms with Crippen LogP contribution in [0.25, 0.3) is 11.0 Å². The van der Waals surface area contributed by atoms with Crippen molar-refractivity contribution in [1.82, 2.24) is 19.8 Å². The average molecular weight is 319 g/mol. The highest BCUT2D eigenvalue weighted by molar-refractivity contribution is 5.80. The smallest absolute Gasteiger partial charge is 0.314 e. The minimum absolute atomic E-state index is 0.107. The monoisotopic (exact) mass is 319 g/mol. The Hall–Kier alpha value is -2.52. The predicted molar refractivity (Wildman–Crippen MR) is 84.6 cm³/mol. The number of hydrogen-bond acceptors (Lipinski definition) is 6. The number of non-ortho nitro benzene ring substituents is 1. The summed E-state index contributed by atoms with van der Waals surface area (Å²) in [5, 5.41) is 11.1. The summed E-state index contributed by atoms with van der Waals surface area (Å²) in [5.74, 6) is 0. The van der Waals surface area contributed by atoms with Gasteiger partial charge in [0.15, 0.2) is 0 Å². The molecule has 0 amide bonds. The maximum absolute atomic E-state index is 11.6. The highest BCUT2D eigenvalue weighted by atomic mass is 16.6. The number of H-pyrrole nitrogens is 2. The van der Waals surface area contributed by atoms with E-state index in [9.17, 15) is 19.7 Å². The number of rotatable bonds is 3. The van der Waals surface area contributed by atoms with Crippen molar-refractivity contribution in [1.29, 1.82) is 0 Å². The van der Waals surface area contributed by atoms with Crippen molar-refractivity contribution in [2.24, 2.45) is 0 Å². The van der Waals surface area contributed by atoms with Gasteiger partial charge in [-0.2, -0.15) is 0 Å². The van der Waals surface area contributed by atoms with Crippen LogP contribution in [0.5, 0.6) is 0 Å². The van der Waals surface area contributed by atoms with Crippen molar-refractivity contribution in [3.05, 3.63) is 48.5 Å². The van der Waals surface area contributed by atoms with Crippen molar-refractivity contribution in [2.75, 3.05) is 33.2 Å². The molecule has 2 heterocycles. The molecule has 1 aromatic carbocycles. The largest absolute Gasteiger partial charge is 0.316 e. The Kier molecular flexibility index (Phi) is 3.97. The number of piperazine rings is 1. The Morgan fingerprint density at radius 3 is 2.43 bits per heavy atom. The van der Waals surface area contributed by atoms with Crippen molar-refractivity contribution in [3.8, 4) is 0 Å². The van der Waals surface area contributed by atoms with E-state index in [-0.39, 0.29) is 11.2 Å². The third-order valence-corrected chi connectivity index (χ3v) is 4.10. The molecule has 122 valence electrons. The van der Waals surface area contributed by atoms with Crippen molar-refractivity contribution in [3.63, 3.8) is 0 Å². The summed E-state index contributed by atoms with van der Waals surface area (Å²) in [6, 6.07) is 2.72. The second-order valence-electron chi connectivity index (χ2n) is 5.77. The third kappa shape index (κ3) is 3.15. The van der Waals surface area contributed by atoms with Crippen LogP contribution in [0.15, 0.2) is 21.7 Å². The molecule has 9 nitrogen and oxygen atoms in total. The summed E-state index contributed by atoms with van der Waals surface area (Å²) in [6.45, 7) is 4.00. The zero-order chi connectivity index (χ0) is 16.6. The van der Waals surface area contributed by atoms with Gasteiger partial charge in [-0.25, -0.2) is 0 Å². The van der Waals surface area contributed by atoms with Gasteiger partial charge >= 0.3 is 11.1 Å². The molecule has 0 aliphatic carbocycles. The zero-order valence-electron chi connectivity index (χ0n) is 12.7. The topological polar surface area (TPSA) is 115 Å². The Bertz CT molecular complexity index is 864. The zero-order valence-corrected chi connectivity index (χ0v) is 12.7. The first kappa shape index (κ1) is 15.4. The van der Waals surface area contributed by atoms with Gasteiger partial charge in [0.25, 0.3) is 5.69 Å². The number of aromatic nitrogens is 2. The summed E-state index contributed by atoms with van der Waals surface area (Å²) < 4.78 is 0. The lowest BCUT2D eigenvalue weighted by Crippen LogP contribution is -2.44. The molecule has 2 N–H and O–H groups in total. The van der Waals surface area contributed by atoms with E-state index in [1.807, 2.05) is 7.05 Å². The third-order valence-electron chi connectivity index (χ3n) is 4.10. The van der Waals surface area contributed by atoms with Gasteiger partial charge in [-0.15, -0.1) is 0 Å². The van der Waals surface area contributed by atoms with Crippen LogP contribution in [0.1, 0.15) is 5.56 Å². The lowest BCUT2D eigenvalue weighted by molar-refractivity contribution is -0.384. The van der Waals surface area contributed by atoms with Crippen LogP contribution in [0.2, 0.25) is 0 Å². The van der Waals surface area contributed by atoms with Gasteiger partial charge < -0.3 is 14.9 Å². The fourth-order valence-electron chi connectivity index (χ4n) is 2.76. The molecule has 2 aromatic rings. The molecule has 1 aliphatic heterocycles. The van der Waals surface area contributed by atoms with Crippen molar-refractivity contribution >= 4 is 16.7 Å². The van der Waals surface area contributed by atoms with Gasteiger partial charge in [-0.05, 0) is 12.6 Å². The molecular weight excluding hydrogens is 302 g/mol. The van der Waals surface area contributed by atoms with Gasteiger partial charge in [-0.1, -0.05) is 0 Å². The van der Waals surface area contributed by atoms with Crippen molar-refractivity contribution in [2.45, 2.75) is 6.54 Å². The van der Waals surface area contributed by atoms with Crippen LogP contribution in [0.3, 0.4) is 0 Å². The maximum atomic E-state index is 11.6. The highest BCUT2D eigenvalue weighted by Gasteiger charge is 2.18. The minimum atomic E-state index is -0.816. The predicted octanol–water partition coefficient (Wildman–Crippen LogP) is -0.128. The van der Waals surface area contributed by atoms with Gasteiger partial charge in [0.1, 0.15) is 0 Å². The summed E-state index contributed by atoms with van der Waals surface area (Å²) >= 11 is 0. The van der Waals surface area contributed by atoms with E-state index in [1.54, 1.807) is 0 Å². The molecule has 9 heteroatoms. The number of nitrogens with one attached hydrogen (secondary N) is 2. The number of benzene rings is 1. The van der Waals surface area contributed by atoms with E-state index in [1.165, 1.54) is 12.1 Å². The Morgan fingerprint density at radius 1 is 1.13 bits per heavy atom. The summed E-state index contributed by atoms with van der Waals surface area (Å²) in [6.07, 6.45) is 0. The first-order valence-electron chi connectivity index (χ1n) is 7.28. The molecule has 1 aromatic heterocycles. The van der Waals surface area contributed by atoms with Crippen LogP contribution in [-0.2, 0) is 6.54 Å². The fourth-order valence-corrected chi connectivity index (χ4v) is 2.76. The lowest BCUT2D eigenvalue weighted by Gasteiger charge is -2.32. The molecule has 1 fully saturated rings. The SMILES string of the molecule is CN1CCN(Cc2cc([N+](=O)[O-])cc3[nH]c(=O)c(=O)[nH]c23)CC1. The van der Waals surface area contributed by atoms with Crippen LogP contribution in [-0.4, -0.2) is 57.9 Å². The minimum Gasteiger partial charge on any atom is -0.316 e. The average Bonchev–Trinajstić information content (AvgIpc) is 2.51. The summed E-state index contributed by atoms with van der Waals surface area (Å²) in [4.78, 5) is 43.0. The maximum Gasteiger partial charge on any atom is 0.314 e. The number of nitrogens with zero attached hydrogens (tertiary/aromatic N) is 3. The summed E-state index contributed by atoms with van der Waals surface area (Å²) in [5.41, 5.74) is -0.335. The van der Waals surface area contributed by atoms with Gasteiger partial charge in [0.2, 0.25) is 0 Å². The van der Waals surface area contributed by atoms with Gasteiger partial charge in [-0.3, -0.25) is 24.6 Å². The Labute approximate surface area is 130 Å². The van der Waals surface area contributed by atoms with Gasteiger partial charge in [0.05, 0.1) is 16.0 Å². The highest BCUT2D eigenvalue weighted by Crippen LogP contribution is 2.23. The second-order valence-corrected chi connectivity index (χ2v) is 5.77. The fraction of sp³-hybridized carbons (Fsp3) is 0.429. The lowest BCUT2D eigenvalue weighted by atomic mass is 10.1. The van der Waals surface area contributed by atoms with E-state index in [2.05, 4.69) is 19.8 Å². The van der Waals surface area contributed by atoms with Gasteiger partial charge in [0, 0.05) is 44.9 Å². The molecule has 0 bridgehead atoms. The first-order chi connectivity index (χ1) is 10.9. The molecule has 0 saturated carbocycles. The molecule has 3 rings (SSSR count). The standard InChI is InChI=1S/C14H17N5O4/c1-17-2-4-18(5-3-17)8-9-6-10(19(22)23)7-11-12(9)16-14(21)13(20)15-11/h6-7H,2-5,8H2,1H3,(H,15,20)(H,16,21). The van der Waals surface area contributed by atoms with E-state index >= 15 is 0 Å². The number of nitro benzene ring substituents is 1. The molecule has 23 heavy (non-hydrogen) atoms. The molecule has 0 radical (unpaired) electrons. The number of nitro groups is 1. The molecule has 1 aliphatic rings. The molecule has 0 unspecified atom stereocenters. The van der Waals surface area contributed by atoms with Crippen LogP contribution in [0, 0.1) is 10.1 Å². The van der Waals surface area contributed by atoms with Crippen LogP contribution < -0.4 is 11.1 Å².